The van der Waals surface area contributed by atoms with E-state index in [0.29, 0.717) is 10.6 Å². The predicted octanol–water partition coefficient (Wildman–Crippen LogP) is 5.29. The number of hydrogen-bond acceptors (Lipinski definition) is 2. The maximum absolute atomic E-state index is 12.7. The van der Waals surface area contributed by atoms with Crippen molar-refractivity contribution in [3.05, 3.63) is 94.0 Å². The van der Waals surface area contributed by atoms with E-state index in [2.05, 4.69) is 11.4 Å². The van der Waals surface area contributed by atoms with Gasteiger partial charge in [0.15, 0.2) is 0 Å². The molecule has 4 rings (SSSR count). The number of carbonyl (C=O) groups is 1. The summed E-state index contributed by atoms with van der Waals surface area (Å²) in [6.07, 6.45) is 0.747. The molecule has 1 heterocycles. The van der Waals surface area contributed by atoms with E-state index in [-0.39, 0.29) is 11.8 Å². The van der Waals surface area contributed by atoms with Crippen LogP contribution in [0.15, 0.2) is 66.7 Å². The van der Waals surface area contributed by atoms with Crippen molar-refractivity contribution in [2.45, 2.75) is 12.3 Å². The van der Waals surface area contributed by atoms with Crippen LogP contribution in [0.3, 0.4) is 0 Å². The first-order valence-electron chi connectivity index (χ1n) is 8.48. The van der Waals surface area contributed by atoms with E-state index in [0.717, 1.165) is 34.5 Å². The lowest BCUT2D eigenvalue weighted by molar-refractivity contribution is 0.102. The largest absolute Gasteiger partial charge is 0.497 e. The van der Waals surface area contributed by atoms with Crippen LogP contribution in [0.4, 0.5) is 5.69 Å². The van der Waals surface area contributed by atoms with Crippen molar-refractivity contribution in [2.24, 2.45) is 0 Å². The Morgan fingerprint density at radius 1 is 1.00 bits per heavy atom. The highest BCUT2D eigenvalue weighted by Crippen LogP contribution is 2.39. The average Bonchev–Trinajstić information content (AvgIpc) is 2.78. The summed E-state index contributed by atoms with van der Waals surface area (Å²) in [5, 5.41) is 3.68. The zero-order valence-electron chi connectivity index (χ0n) is 14.3. The number of ether oxygens (including phenoxy) is 1. The number of hydrogen-bond donors (Lipinski definition) is 1. The molecule has 0 aliphatic carbocycles. The summed E-state index contributed by atoms with van der Waals surface area (Å²) in [7, 11) is 1.66. The molecule has 4 heteroatoms. The van der Waals surface area contributed by atoms with Crippen LogP contribution < -0.4 is 10.1 Å². The molecular formula is C22H18ClNO2. The smallest absolute Gasteiger partial charge is 0.255 e. The van der Waals surface area contributed by atoms with E-state index in [1.807, 2.05) is 54.6 Å². The highest BCUT2D eigenvalue weighted by atomic mass is 35.5. The van der Waals surface area contributed by atoms with Crippen LogP contribution in [0, 0.1) is 0 Å². The van der Waals surface area contributed by atoms with Crippen molar-refractivity contribution < 1.29 is 9.53 Å². The Kier molecular flexibility index (Phi) is 4.39. The Morgan fingerprint density at radius 2 is 1.85 bits per heavy atom. The second-order valence-electron chi connectivity index (χ2n) is 6.38. The molecule has 0 aromatic heterocycles. The molecule has 0 radical (unpaired) electrons. The Bertz CT molecular complexity index is 983. The number of halogens is 1. The molecule has 1 aliphatic rings. The number of amides is 1. The van der Waals surface area contributed by atoms with Gasteiger partial charge in [-0.1, -0.05) is 41.9 Å². The minimum absolute atomic E-state index is 0.0194. The molecule has 0 fully saturated rings. The monoisotopic (exact) mass is 363 g/mol. The Balaban J connectivity index is 1.87. The molecule has 3 aromatic carbocycles. The molecule has 1 atom stereocenters. The summed E-state index contributed by atoms with van der Waals surface area (Å²) in [6.45, 7) is 0. The molecule has 130 valence electrons. The summed E-state index contributed by atoms with van der Waals surface area (Å²) in [4.78, 5) is 12.7. The fraction of sp³-hybridized carbons (Fsp3) is 0.136. The van der Waals surface area contributed by atoms with E-state index < -0.39 is 0 Å². The molecule has 1 amide bonds. The minimum atomic E-state index is -0.0858. The highest BCUT2D eigenvalue weighted by Gasteiger charge is 2.27. The third-order valence-electron chi connectivity index (χ3n) is 4.79. The standard InChI is InChI=1S/C22H18ClNO2/c1-26-16-6-4-5-14(11-16)12-19-17-7-2-3-8-18(17)22(25)24-21-10-9-15(23)13-20(19)21/h2-11,13,19H,12H2,1H3,(H,24,25). The lowest BCUT2D eigenvalue weighted by Gasteiger charge is -2.20. The van der Waals surface area contributed by atoms with Gasteiger partial charge >= 0.3 is 0 Å². The molecule has 1 N–H and O–H groups in total. The van der Waals surface area contributed by atoms with Gasteiger partial charge in [0.1, 0.15) is 5.75 Å². The van der Waals surface area contributed by atoms with Gasteiger partial charge in [0.2, 0.25) is 0 Å². The molecule has 0 saturated carbocycles. The molecular weight excluding hydrogens is 346 g/mol. The van der Waals surface area contributed by atoms with Crippen LogP contribution in [0.2, 0.25) is 5.02 Å². The zero-order chi connectivity index (χ0) is 18.1. The highest BCUT2D eigenvalue weighted by molar-refractivity contribution is 6.30. The van der Waals surface area contributed by atoms with Gasteiger partial charge in [-0.25, -0.2) is 0 Å². The van der Waals surface area contributed by atoms with Gasteiger partial charge in [-0.15, -0.1) is 0 Å². The fourth-order valence-electron chi connectivity index (χ4n) is 3.56. The van der Waals surface area contributed by atoms with Gasteiger partial charge in [-0.2, -0.15) is 0 Å². The van der Waals surface area contributed by atoms with E-state index in [1.165, 1.54) is 0 Å². The molecule has 1 aliphatic heterocycles. The van der Waals surface area contributed by atoms with Crippen molar-refractivity contribution >= 4 is 23.2 Å². The van der Waals surface area contributed by atoms with Crippen LogP contribution in [-0.4, -0.2) is 13.0 Å². The first kappa shape index (κ1) is 16.7. The first-order chi connectivity index (χ1) is 12.7. The zero-order valence-corrected chi connectivity index (χ0v) is 15.1. The number of anilines is 1. The maximum atomic E-state index is 12.7. The second kappa shape index (κ2) is 6.85. The number of methoxy groups -OCH3 is 1. The summed E-state index contributed by atoms with van der Waals surface area (Å²) < 4.78 is 5.36. The quantitative estimate of drug-likeness (QED) is 0.686. The maximum Gasteiger partial charge on any atom is 0.255 e. The van der Waals surface area contributed by atoms with Crippen molar-refractivity contribution in [1.82, 2.24) is 0 Å². The third kappa shape index (κ3) is 3.06. The van der Waals surface area contributed by atoms with Gasteiger partial charge in [0, 0.05) is 22.2 Å². The lowest BCUT2D eigenvalue weighted by atomic mass is 9.84. The van der Waals surface area contributed by atoms with Crippen molar-refractivity contribution in [2.75, 3.05) is 12.4 Å². The first-order valence-corrected chi connectivity index (χ1v) is 8.86. The third-order valence-corrected chi connectivity index (χ3v) is 5.03. The van der Waals surface area contributed by atoms with Crippen molar-refractivity contribution in [3.8, 4) is 5.75 Å². The second-order valence-corrected chi connectivity index (χ2v) is 6.82. The number of nitrogens with one attached hydrogen (secondary N) is 1. The van der Waals surface area contributed by atoms with Gasteiger partial charge in [0.05, 0.1) is 7.11 Å². The Hall–Kier alpha value is -2.78. The van der Waals surface area contributed by atoms with Gasteiger partial charge in [-0.3, -0.25) is 4.79 Å². The summed E-state index contributed by atoms with van der Waals surface area (Å²) in [5.41, 5.74) is 4.69. The van der Waals surface area contributed by atoms with Crippen LogP contribution in [-0.2, 0) is 6.42 Å². The van der Waals surface area contributed by atoms with E-state index in [9.17, 15) is 4.79 Å². The molecule has 0 spiro atoms. The summed E-state index contributed by atoms with van der Waals surface area (Å²) >= 11 is 6.28. The minimum Gasteiger partial charge on any atom is -0.497 e. The van der Waals surface area contributed by atoms with Crippen LogP contribution >= 0.6 is 11.6 Å². The SMILES string of the molecule is COc1cccc(CC2c3cc(Cl)ccc3NC(=O)c3ccccc32)c1. The Labute approximate surface area is 157 Å². The number of benzene rings is 3. The van der Waals surface area contributed by atoms with Crippen molar-refractivity contribution in [3.63, 3.8) is 0 Å². The topological polar surface area (TPSA) is 38.3 Å². The average molecular weight is 364 g/mol. The summed E-state index contributed by atoms with van der Waals surface area (Å²) in [5.74, 6) is 0.758. The molecule has 0 saturated heterocycles. The number of carbonyl (C=O) groups excluding carboxylic acids is 1. The molecule has 0 bridgehead atoms. The van der Waals surface area contributed by atoms with Crippen LogP contribution in [0.1, 0.15) is 33.0 Å². The normalized spacial score (nSPS) is 15.5. The molecule has 3 aromatic rings. The predicted molar refractivity (Wildman–Crippen MR) is 104 cm³/mol. The van der Waals surface area contributed by atoms with E-state index >= 15 is 0 Å². The van der Waals surface area contributed by atoms with Gasteiger partial charge in [-0.05, 0) is 59.5 Å². The molecule has 1 unspecified atom stereocenters. The van der Waals surface area contributed by atoms with Gasteiger partial charge in [0.25, 0.3) is 5.91 Å². The Morgan fingerprint density at radius 3 is 2.69 bits per heavy atom. The number of rotatable bonds is 3. The van der Waals surface area contributed by atoms with Crippen LogP contribution in [0.25, 0.3) is 0 Å². The van der Waals surface area contributed by atoms with Crippen molar-refractivity contribution in [1.29, 1.82) is 0 Å². The summed E-state index contributed by atoms with van der Waals surface area (Å²) in [6, 6.07) is 21.4. The van der Waals surface area contributed by atoms with E-state index in [4.69, 9.17) is 16.3 Å². The van der Waals surface area contributed by atoms with Gasteiger partial charge < -0.3 is 10.1 Å². The molecule has 3 nitrogen and oxygen atoms in total. The lowest BCUT2D eigenvalue weighted by Crippen LogP contribution is -2.12. The van der Waals surface area contributed by atoms with E-state index in [1.54, 1.807) is 13.2 Å². The fourth-order valence-corrected chi connectivity index (χ4v) is 3.74. The van der Waals surface area contributed by atoms with Crippen LogP contribution in [0.5, 0.6) is 5.75 Å². The molecule has 26 heavy (non-hydrogen) atoms. The number of fused-ring (bicyclic) bond motifs is 2.